The van der Waals surface area contributed by atoms with E-state index in [-0.39, 0.29) is 18.1 Å². The summed E-state index contributed by atoms with van der Waals surface area (Å²) in [5.74, 6) is 1.23. The summed E-state index contributed by atoms with van der Waals surface area (Å²) in [6.45, 7) is 7.58. The number of aliphatic carboxylic acids is 1. The van der Waals surface area contributed by atoms with Gasteiger partial charge in [0.15, 0.2) is 0 Å². The monoisotopic (exact) mass is 360 g/mol. The van der Waals surface area contributed by atoms with Gasteiger partial charge in [0.25, 0.3) is 0 Å². The minimum atomic E-state index is -0.761. The van der Waals surface area contributed by atoms with Gasteiger partial charge in [0.05, 0.1) is 6.10 Å². The molecule has 0 aliphatic carbocycles. The van der Waals surface area contributed by atoms with Gasteiger partial charge in [-0.2, -0.15) is 0 Å². The fourth-order valence-corrected chi connectivity index (χ4v) is 4.46. The van der Waals surface area contributed by atoms with Gasteiger partial charge >= 0.3 is 5.97 Å². The van der Waals surface area contributed by atoms with E-state index in [1.807, 2.05) is 12.1 Å². The van der Waals surface area contributed by atoms with Crippen molar-refractivity contribution in [1.82, 2.24) is 0 Å². The fraction of sp³-hybridized carbons (Fsp3) is 0.682. The molecule has 4 nitrogen and oxygen atoms in total. The maximum absolute atomic E-state index is 10.9. The number of rotatable bonds is 7. The second-order valence-corrected chi connectivity index (χ2v) is 8.51. The number of benzene rings is 1. The average Bonchev–Trinajstić information content (AvgIpc) is 2.60. The summed E-state index contributed by atoms with van der Waals surface area (Å²) in [6, 6.07) is 6.12. The summed E-state index contributed by atoms with van der Waals surface area (Å²) in [6.07, 6.45) is 6.42. The molecule has 0 unspecified atom stereocenters. The molecule has 1 fully saturated rings. The highest BCUT2D eigenvalue weighted by Gasteiger charge is 2.48. The first-order valence-electron chi connectivity index (χ1n) is 10.0. The Morgan fingerprint density at radius 3 is 2.92 bits per heavy atom. The fourth-order valence-electron chi connectivity index (χ4n) is 4.46. The Kier molecular flexibility index (Phi) is 5.91. The Labute approximate surface area is 156 Å². The molecule has 1 saturated heterocycles. The number of carboxylic acids is 1. The van der Waals surface area contributed by atoms with Crippen molar-refractivity contribution in [2.24, 2.45) is 11.8 Å². The van der Waals surface area contributed by atoms with E-state index < -0.39 is 5.97 Å². The van der Waals surface area contributed by atoms with Crippen molar-refractivity contribution in [2.75, 3.05) is 6.61 Å². The Bertz CT molecular complexity index is 639. The van der Waals surface area contributed by atoms with Gasteiger partial charge in [0.1, 0.15) is 11.4 Å². The summed E-state index contributed by atoms with van der Waals surface area (Å²) in [5, 5.41) is 8.94. The molecule has 2 heterocycles. The van der Waals surface area contributed by atoms with Crippen molar-refractivity contribution in [3.05, 3.63) is 29.3 Å². The van der Waals surface area contributed by atoms with E-state index in [4.69, 9.17) is 14.6 Å². The van der Waals surface area contributed by atoms with E-state index in [0.29, 0.717) is 18.3 Å². The predicted molar refractivity (Wildman–Crippen MR) is 102 cm³/mol. The van der Waals surface area contributed by atoms with Crippen LogP contribution >= 0.6 is 0 Å². The second kappa shape index (κ2) is 7.99. The molecule has 1 aromatic rings. The van der Waals surface area contributed by atoms with E-state index in [1.165, 1.54) is 12.8 Å². The highest BCUT2D eigenvalue weighted by Crippen LogP contribution is 2.51. The number of aryl methyl sites for hydroxylation is 1. The van der Waals surface area contributed by atoms with Crippen LogP contribution in [-0.2, 0) is 16.0 Å². The standard InChI is InChI=1S/C22H32O4/c1-15(2)6-4-12-22(3)18-7-5-13-25-21(18)17-14-16(9-11-20(23)24)8-10-19(17)26-22/h8,10,14-15,18,21H,4-7,9,11-13H2,1-3H3,(H,23,24)/t18-,21+,22+/m1/s1. The lowest BCUT2D eigenvalue weighted by Gasteiger charge is -2.49. The molecular formula is C22H32O4. The van der Waals surface area contributed by atoms with Crippen LogP contribution in [0.4, 0.5) is 0 Å². The van der Waals surface area contributed by atoms with Crippen LogP contribution in [0.25, 0.3) is 0 Å². The molecule has 3 atom stereocenters. The predicted octanol–water partition coefficient (Wildman–Crippen LogP) is 5.15. The molecule has 2 aliphatic heterocycles. The lowest BCUT2D eigenvalue weighted by Crippen LogP contribution is -2.49. The maximum Gasteiger partial charge on any atom is 0.303 e. The topological polar surface area (TPSA) is 55.8 Å². The van der Waals surface area contributed by atoms with Crippen LogP contribution in [0.1, 0.15) is 76.5 Å². The number of ether oxygens (including phenoxy) is 2. The van der Waals surface area contributed by atoms with Crippen LogP contribution in [0.2, 0.25) is 0 Å². The van der Waals surface area contributed by atoms with Crippen LogP contribution in [0, 0.1) is 11.8 Å². The number of fused-ring (bicyclic) bond motifs is 3. The van der Waals surface area contributed by atoms with Crippen LogP contribution in [0.15, 0.2) is 18.2 Å². The first-order valence-corrected chi connectivity index (χ1v) is 10.0. The largest absolute Gasteiger partial charge is 0.487 e. The molecule has 0 bridgehead atoms. The van der Waals surface area contributed by atoms with E-state index in [9.17, 15) is 4.79 Å². The zero-order chi connectivity index (χ0) is 18.7. The zero-order valence-corrected chi connectivity index (χ0v) is 16.3. The lowest BCUT2D eigenvalue weighted by molar-refractivity contribution is -0.136. The molecule has 26 heavy (non-hydrogen) atoms. The summed E-state index contributed by atoms with van der Waals surface area (Å²) >= 11 is 0. The molecule has 4 heteroatoms. The van der Waals surface area contributed by atoms with Gasteiger partial charge in [-0.15, -0.1) is 0 Å². The van der Waals surface area contributed by atoms with Crippen molar-refractivity contribution in [3.63, 3.8) is 0 Å². The van der Waals surface area contributed by atoms with E-state index >= 15 is 0 Å². The molecule has 1 N–H and O–H groups in total. The zero-order valence-electron chi connectivity index (χ0n) is 16.3. The first kappa shape index (κ1) is 19.2. The third kappa shape index (κ3) is 4.22. The number of hydrogen-bond donors (Lipinski definition) is 1. The smallest absolute Gasteiger partial charge is 0.303 e. The average molecular weight is 360 g/mol. The minimum Gasteiger partial charge on any atom is -0.487 e. The van der Waals surface area contributed by atoms with Gasteiger partial charge in [-0.3, -0.25) is 4.79 Å². The van der Waals surface area contributed by atoms with Crippen LogP contribution < -0.4 is 4.74 Å². The Morgan fingerprint density at radius 1 is 1.38 bits per heavy atom. The van der Waals surface area contributed by atoms with Gasteiger partial charge in [0.2, 0.25) is 0 Å². The molecule has 1 aromatic carbocycles. The Hall–Kier alpha value is -1.55. The Balaban J connectivity index is 1.83. The minimum absolute atomic E-state index is 0.0707. The second-order valence-electron chi connectivity index (χ2n) is 8.51. The molecule has 0 amide bonds. The summed E-state index contributed by atoms with van der Waals surface area (Å²) < 4.78 is 12.8. The number of carboxylic acid groups (broad SMARTS) is 1. The SMILES string of the molecule is CC(C)CCC[C@]1(C)Oc2ccc(CCC(=O)O)cc2[C@@H]2OCCC[C@H]21. The maximum atomic E-state index is 10.9. The number of carbonyl (C=O) groups is 1. The lowest BCUT2D eigenvalue weighted by atomic mass is 9.72. The van der Waals surface area contributed by atoms with Crippen LogP contribution in [-0.4, -0.2) is 23.3 Å². The van der Waals surface area contributed by atoms with Gasteiger partial charge in [-0.1, -0.05) is 26.3 Å². The first-order chi connectivity index (χ1) is 12.4. The molecule has 0 spiro atoms. The molecular weight excluding hydrogens is 328 g/mol. The van der Waals surface area contributed by atoms with Crippen molar-refractivity contribution >= 4 is 5.97 Å². The molecule has 3 rings (SSSR count). The third-order valence-electron chi connectivity index (χ3n) is 5.91. The third-order valence-corrected chi connectivity index (χ3v) is 5.91. The highest BCUT2D eigenvalue weighted by molar-refractivity contribution is 5.67. The van der Waals surface area contributed by atoms with E-state index in [0.717, 1.165) is 42.7 Å². The summed E-state index contributed by atoms with van der Waals surface area (Å²) in [4.78, 5) is 10.9. The summed E-state index contributed by atoms with van der Waals surface area (Å²) in [5.41, 5.74) is 1.97. The normalized spacial score (nSPS) is 27.5. The van der Waals surface area contributed by atoms with E-state index in [1.54, 1.807) is 0 Å². The molecule has 2 aliphatic rings. The van der Waals surface area contributed by atoms with Gasteiger partial charge < -0.3 is 14.6 Å². The van der Waals surface area contributed by atoms with E-state index in [2.05, 4.69) is 26.8 Å². The van der Waals surface area contributed by atoms with Crippen molar-refractivity contribution < 1.29 is 19.4 Å². The van der Waals surface area contributed by atoms with Crippen molar-refractivity contribution in [1.29, 1.82) is 0 Å². The molecule has 0 saturated carbocycles. The van der Waals surface area contributed by atoms with Gasteiger partial charge in [0, 0.05) is 24.5 Å². The molecule has 144 valence electrons. The van der Waals surface area contributed by atoms with Gasteiger partial charge in [-0.05, 0) is 62.6 Å². The van der Waals surface area contributed by atoms with Gasteiger partial charge in [-0.25, -0.2) is 0 Å². The Morgan fingerprint density at radius 2 is 2.19 bits per heavy atom. The molecule has 0 aromatic heterocycles. The molecule has 0 radical (unpaired) electrons. The summed E-state index contributed by atoms with van der Waals surface area (Å²) in [7, 11) is 0. The number of hydrogen-bond acceptors (Lipinski definition) is 3. The van der Waals surface area contributed by atoms with Crippen LogP contribution in [0.3, 0.4) is 0 Å². The van der Waals surface area contributed by atoms with Crippen molar-refractivity contribution in [2.45, 2.75) is 77.4 Å². The van der Waals surface area contributed by atoms with Crippen LogP contribution in [0.5, 0.6) is 5.75 Å². The highest BCUT2D eigenvalue weighted by atomic mass is 16.5. The quantitative estimate of drug-likeness (QED) is 0.731. The van der Waals surface area contributed by atoms with Crippen molar-refractivity contribution in [3.8, 4) is 5.75 Å².